The van der Waals surface area contributed by atoms with Gasteiger partial charge in [-0.15, -0.1) is 0 Å². The van der Waals surface area contributed by atoms with Crippen LogP contribution < -0.4 is 10.2 Å². The Labute approximate surface area is 116 Å². The van der Waals surface area contributed by atoms with Crippen molar-refractivity contribution in [2.45, 2.75) is 39.7 Å². The Hall–Kier alpha value is -1.16. The van der Waals surface area contributed by atoms with E-state index in [2.05, 4.69) is 41.1 Å². The third-order valence-electron chi connectivity index (χ3n) is 3.68. The number of nitrogens with zero attached hydrogens (tertiary/aromatic N) is 3. The Bertz CT molecular complexity index is 387. The summed E-state index contributed by atoms with van der Waals surface area (Å²) in [6, 6.07) is 0. The predicted molar refractivity (Wildman–Crippen MR) is 79.2 cm³/mol. The highest BCUT2D eigenvalue weighted by molar-refractivity contribution is 5.35. The van der Waals surface area contributed by atoms with Gasteiger partial charge >= 0.3 is 0 Å². The van der Waals surface area contributed by atoms with Gasteiger partial charge in [0.1, 0.15) is 5.82 Å². The molecular weight excluding hydrogens is 236 g/mol. The van der Waals surface area contributed by atoms with Crippen LogP contribution in [0.25, 0.3) is 0 Å². The molecule has 1 aliphatic carbocycles. The van der Waals surface area contributed by atoms with Crippen LogP contribution in [0.1, 0.15) is 38.8 Å². The number of hydrogen-bond acceptors (Lipinski definition) is 4. The lowest BCUT2D eigenvalue weighted by atomic mass is 9.85. The molecule has 19 heavy (non-hydrogen) atoms. The Morgan fingerprint density at radius 1 is 1.37 bits per heavy atom. The van der Waals surface area contributed by atoms with E-state index in [1.54, 1.807) is 0 Å². The van der Waals surface area contributed by atoms with Crippen molar-refractivity contribution in [2.24, 2.45) is 11.8 Å². The predicted octanol–water partition coefficient (Wildman–Crippen LogP) is 2.46. The van der Waals surface area contributed by atoms with E-state index in [4.69, 9.17) is 0 Å². The first-order valence-electron chi connectivity index (χ1n) is 7.38. The van der Waals surface area contributed by atoms with E-state index in [-0.39, 0.29) is 0 Å². The summed E-state index contributed by atoms with van der Waals surface area (Å²) in [5, 5.41) is 3.41. The third-order valence-corrected chi connectivity index (χ3v) is 3.68. The van der Waals surface area contributed by atoms with Crippen molar-refractivity contribution < 1.29 is 0 Å². The van der Waals surface area contributed by atoms with Crippen molar-refractivity contribution in [1.29, 1.82) is 0 Å². The first-order chi connectivity index (χ1) is 9.15. The molecule has 4 heteroatoms. The largest absolute Gasteiger partial charge is 0.358 e. The van der Waals surface area contributed by atoms with Crippen molar-refractivity contribution >= 4 is 5.82 Å². The monoisotopic (exact) mass is 262 g/mol. The molecular formula is C15H26N4. The Morgan fingerprint density at radius 3 is 2.79 bits per heavy atom. The lowest BCUT2D eigenvalue weighted by Gasteiger charge is -2.30. The van der Waals surface area contributed by atoms with Gasteiger partial charge in [0.2, 0.25) is 0 Å². The van der Waals surface area contributed by atoms with E-state index in [0.717, 1.165) is 37.1 Å². The second-order valence-electron chi connectivity index (χ2n) is 6.07. The highest BCUT2D eigenvalue weighted by atomic mass is 15.2. The fourth-order valence-electron chi connectivity index (χ4n) is 2.31. The number of hydrogen-bond donors (Lipinski definition) is 1. The fraction of sp³-hybridized carbons (Fsp3) is 0.733. The molecule has 106 valence electrons. The second kappa shape index (κ2) is 6.85. The summed E-state index contributed by atoms with van der Waals surface area (Å²) in [7, 11) is 2.12. The van der Waals surface area contributed by atoms with Gasteiger partial charge in [0.15, 0.2) is 0 Å². The van der Waals surface area contributed by atoms with E-state index >= 15 is 0 Å². The molecule has 0 aliphatic heterocycles. The van der Waals surface area contributed by atoms with Crippen LogP contribution in [-0.2, 0) is 6.54 Å². The van der Waals surface area contributed by atoms with Gasteiger partial charge in [0.25, 0.3) is 0 Å². The maximum absolute atomic E-state index is 4.68. The van der Waals surface area contributed by atoms with Crippen molar-refractivity contribution in [3.05, 3.63) is 18.1 Å². The van der Waals surface area contributed by atoms with Crippen LogP contribution in [0.15, 0.2) is 12.4 Å². The summed E-state index contributed by atoms with van der Waals surface area (Å²) in [5.74, 6) is 2.52. The highest BCUT2D eigenvalue weighted by Crippen LogP contribution is 2.27. The molecule has 0 unspecified atom stereocenters. The molecule has 0 saturated heterocycles. The molecule has 4 nitrogen and oxygen atoms in total. The van der Waals surface area contributed by atoms with Crippen molar-refractivity contribution in [2.75, 3.05) is 25.0 Å². The molecule has 1 heterocycles. The molecule has 1 N–H and O–H groups in total. The Morgan fingerprint density at radius 2 is 2.16 bits per heavy atom. The van der Waals surface area contributed by atoms with Crippen LogP contribution in [0, 0.1) is 11.8 Å². The molecule has 0 bridgehead atoms. The minimum absolute atomic E-state index is 0.664. The van der Waals surface area contributed by atoms with Gasteiger partial charge in [0.05, 0.1) is 11.9 Å². The van der Waals surface area contributed by atoms with Crippen LogP contribution in [0.5, 0.6) is 0 Å². The number of aromatic nitrogens is 2. The SMILES string of the molecule is CC(C)CNCc1cncc(N(C)CC2CCC2)n1. The normalized spacial score (nSPS) is 15.6. The van der Waals surface area contributed by atoms with E-state index in [0.29, 0.717) is 5.92 Å². The van der Waals surface area contributed by atoms with Crippen molar-refractivity contribution in [3.8, 4) is 0 Å². The Kier molecular flexibility index (Phi) is 5.14. The zero-order chi connectivity index (χ0) is 13.7. The lowest BCUT2D eigenvalue weighted by Crippen LogP contribution is -2.30. The van der Waals surface area contributed by atoms with Gasteiger partial charge in [0, 0.05) is 26.3 Å². The summed E-state index contributed by atoms with van der Waals surface area (Å²) >= 11 is 0. The molecule has 0 atom stereocenters. The van der Waals surface area contributed by atoms with Crippen LogP contribution in [0.4, 0.5) is 5.82 Å². The number of anilines is 1. The number of nitrogens with one attached hydrogen (secondary N) is 1. The van der Waals surface area contributed by atoms with Gasteiger partial charge in [-0.3, -0.25) is 4.98 Å². The van der Waals surface area contributed by atoms with E-state index < -0.39 is 0 Å². The summed E-state index contributed by atoms with van der Waals surface area (Å²) in [5.41, 5.74) is 1.03. The molecule has 0 radical (unpaired) electrons. The van der Waals surface area contributed by atoms with Gasteiger partial charge in [-0.1, -0.05) is 20.3 Å². The van der Waals surface area contributed by atoms with E-state index in [1.807, 2.05) is 12.4 Å². The van der Waals surface area contributed by atoms with Crippen LogP contribution in [0.3, 0.4) is 0 Å². The zero-order valence-corrected chi connectivity index (χ0v) is 12.4. The van der Waals surface area contributed by atoms with E-state index in [1.165, 1.54) is 19.3 Å². The second-order valence-corrected chi connectivity index (χ2v) is 6.07. The molecule has 1 fully saturated rings. The Balaban J connectivity index is 1.86. The van der Waals surface area contributed by atoms with Crippen LogP contribution in [-0.4, -0.2) is 30.1 Å². The van der Waals surface area contributed by atoms with Gasteiger partial charge in [-0.25, -0.2) is 4.98 Å². The van der Waals surface area contributed by atoms with Crippen molar-refractivity contribution in [1.82, 2.24) is 15.3 Å². The smallest absolute Gasteiger partial charge is 0.147 e. The molecule has 1 aromatic rings. The summed E-state index contributed by atoms with van der Waals surface area (Å²) in [6.45, 7) is 7.35. The molecule has 2 rings (SSSR count). The maximum atomic E-state index is 4.68. The van der Waals surface area contributed by atoms with Gasteiger partial charge in [-0.2, -0.15) is 0 Å². The van der Waals surface area contributed by atoms with E-state index in [9.17, 15) is 0 Å². The standard InChI is InChI=1S/C15H26N4/c1-12(2)7-16-8-14-9-17-10-15(18-14)19(3)11-13-5-4-6-13/h9-10,12-13,16H,4-8,11H2,1-3H3. The van der Waals surface area contributed by atoms with Gasteiger partial charge < -0.3 is 10.2 Å². The van der Waals surface area contributed by atoms with Crippen LogP contribution >= 0.6 is 0 Å². The first-order valence-corrected chi connectivity index (χ1v) is 7.38. The maximum Gasteiger partial charge on any atom is 0.147 e. The average molecular weight is 262 g/mol. The highest BCUT2D eigenvalue weighted by Gasteiger charge is 2.19. The molecule has 0 spiro atoms. The van der Waals surface area contributed by atoms with Gasteiger partial charge in [-0.05, 0) is 31.2 Å². The summed E-state index contributed by atoms with van der Waals surface area (Å²) in [4.78, 5) is 11.2. The average Bonchev–Trinajstić information content (AvgIpc) is 2.33. The molecule has 0 aromatic carbocycles. The molecule has 0 amide bonds. The molecule has 1 aromatic heterocycles. The first kappa shape index (κ1) is 14.3. The lowest BCUT2D eigenvalue weighted by molar-refractivity contribution is 0.321. The zero-order valence-electron chi connectivity index (χ0n) is 12.4. The van der Waals surface area contributed by atoms with Crippen molar-refractivity contribution in [3.63, 3.8) is 0 Å². The topological polar surface area (TPSA) is 41.1 Å². The third kappa shape index (κ3) is 4.46. The summed E-state index contributed by atoms with van der Waals surface area (Å²) in [6.07, 6.45) is 7.85. The molecule has 1 saturated carbocycles. The summed E-state index contributed by atoms with van der Waals surface area (Å²) < 4.78 is 0. The number of rotatable bonds is 7. The quantitative estimate of drug-likeness (QED) is 0.819. The molecule has 1 aliphatic rings. The fourth-order valence-corrected chi connectivity index (χ4v) is 2.31. The minimum Gasteiger partial charge on any atom is -0.358 e. The minimum atomic E-state index is 0.664. The van der Waals surface area contributed by atoms with Crippen LogP contribution in [0.2, 0.25) is 0 Å².